The number of nitrogens with zero attached hydrogens (tertiary/aromatic N) is 7. The van der Waals surface area contributed by atoms with E-state index in [1.54, 1.807) is 50.2 Å². The van der Waals surface area contributed by atoms with Gasteiger partial charge >= 0.3 is 11.9 Å². The Morgan fingerprint density at radius 2 is 1.22 bits per heavy atom. The van der Waals surface area contributed by atoms with Gasteiger partial charge in [-0.25, -0.2) is 13.8 Å². The van der Waals surface area contributed by atoms with E-state index in [2.05, 4.69) is 25.0 Å². The molecule has 2 N–H and O–H groups in total. The number of nitrogens with two attached hydrogens (primary N) is 1. The average molecular weight is 918 g/mol. The van der Waals surface area contributed by atoms with Crippen molar-refractivity contribution in [2.45, 2.75) is 83.8 Å². The van der Waals surface area contributed by atoms with Crippen LogP contribution in [0.1, 0.15) is 80.4 Å². The van der Waals surface area contributed by atoms with Crippen molar-refractivity contribution < 1.29 is 37.1 Å². The van der Waals surface area contributed by atoms with Gasteiger partial charge in [0.1, 0.15) is 30.0 Å². The predicted octanol–water partition coefficient (Wildman–Crippen LogP) is 12.0. The van der Waals surface area contributed by atoms with Gasteiger partial charge < -0.3 is 19.6 Å². The van der Waals surface area contributed by atoms with Gasteiger partial charge in [-0.1, -0.05) is 95.8 Å². The third-order valence-corrected chi connectivity index (χ3v) is 10.3. The summed E-state index contributed by atoms with van der Waals surface area (Å²) in [6, 6.07) is 20.7. The lowest BCUT2D eigenvalue weighted by molar-refractivity contribution is -0.145. The van der Waals surface area contributed by atoms with Crippen LogP contribution in [0.2, 0.25) is 10.0 Å². The van der Waals surface area contributed by atoms with Crippen LogP contribution in [0, 0.1) is 17.6 Å². The summed E-state index contributed by atoms with van der Waals surface area (Å²) >= 11 is 12.0. The van der Waals surface area contributed by atoms with Crippen LogP contribution in [0.4, 0.5) is 8.78 Å². The summed E-state index contributed by atoms with van der Waals surface area (Å²) in [5.74, 6) is -2.59. The van der Waals surface area contributed by atoms with Gasteiger partial charge in [0.25, 0.3) is 5.89 Å². The number of ketones is 1. The van der Waals surface area contributed by atoms with Crippen molar-refractivity contribution in [1.82, 2.24) is 4.98 Å². The van der Waals surface area contributed by atoms with Crippen molar-refractivity contribution in [1.29, 1.82) is 0 Å². The number of azide groups is 2. The Balaban J connectivity index is 0.000000295. The normalized spacial score (nSPS) is 12.7. The summed E-state index contributed by atoms with van der Waals surface area (Å²) in [5, 5.41) is 7.96. The van der Waals surface area contributed by atoms with Gasteiger partial charge in [0, 0.05) is 43.5 Å². The number of halogens is 4. The molecule has 0 amide bonds. The van der Waals surface area contributed by atoms with Gasteiger partial charge in [-0.2, -0.15) is 0 Å². The predicted molar refractivity (Wildman–Crippen MR) is 240 cm³/mol. The summed E-state index contributed by atoms with van der Waals surface area (Å²) in [6.45, 7) is 7.55. The Kier molecular flexibility index (Phi) is 19.8. The summed E-state index contributed by atoms with van der Waals surface area (Å²) in [6.07, 6.45) is 2.60. The fourth-order valence-corrected chi connectivity index (χ4v) is 6.99. The molecule has 0 fully saturated rings. The third kappa shape index (κ3) is 15.2. The summed E-state index contributed by atoms with van der Waals surface area (Å²) in [7, 11) is 0. The molecule has 0 unspecified atom stereocenters. The molecule has 1 heterocycles. The number of aromatic nitrogens is 1. The van der Waals surface area contributed by atoms with Crippen molar-refractivity contribution in [2.24, 2.45) is 21.9 Å². The lowest BCUT2D eigenvalue weighted by atomic mass is 9.88. The summed E-state index contributed by atoms with van der Waals surface area (Å²) in [5.41, 5.74) is 28.3. The van der Waals surface area contributed by atoms with E-state index in [-0.39, 0.29) is 61.7 Å². The molecule has 0 saturated heterocycles. The monoisotopic (exact) mass is 916 g/mol. The SMILES string of the molecule is CCOC(=O)[C@@H](C[C@H](CC(=O)c1nc(C(C)C)co1)Cc1ccc(-c2cc(Cl)ccc2F)cc1)N=[N+]=[N-].CCOC(=O)[C@@H](C[C@H](N)Cc1ccc(-c2cc(Cl)ccc2F)cc1)N=[N+]=[N-]. The Labute approximate surface area is 379 Å². The number of oxazole rings is 1. The van der Waals surface area contributed by atoms with Crippen LogP contribution in [0.25, 0.3) is 43.1 Å². The third-order valence-electron chi connectivity index (χ3n) is 9.82. The molecule has 0 bridgehead atoms. The number of Topliss-reactive ketones (excluding diaryl/α,β-unsaturated/α-hetero) is 1. The van der Waals surface area contributed by atoms with Gasteiger partial charge in [-0.3, -0.25) is 14.4 Å². The summed E-state index contributed by atoms with van der Waals surface area (Å²) in [4.78, 5) is 46.9. The zero-order valence-electron chi connectivity index (χ0n) is 35.7. The Morgan fingerprint density at radius 3 is 1.66 bits per heavy atom. The molecule has 4 aromatic carbocycles. The van der Waals surface area contributed by atoms with Crippen molar-refractivity contribution in [3.8, 4) is 22.3 Å². The van der Waals surface area contributed by atoms with Crippen LogP contribution in [0.5, 0.6) is 0 Å². The highest BCUT2D eigenvalue weighted by molar-refractivity contribution is 6.31. The smallest absolute Gasteiger partial charge is 0.314 e. The van der Waals surface area contributed by atoms with Crippen molar-refractivity contribution in [3.05, 3.63) is 156 Å². The number of hydrogen-bond acceptors (Lipinski definition) is 10. The van der Waals surface area contributed by atoms with E-state index >= 15 is 0 Å². The topological polar surface area (TPSA) is 219 Å². The van der Waals surface area contributed by atoms with E-state index in [1.807, 2.05) is 38.1 Å². The van der Waals surface area contributed by atoms with Crippen LogP contribution in [-0.4, -0.2) is 54.0 Å². The fourth-order valence-electron chi connectivity index (χ4n) is 6.65. The molecule has 5 rings (SSSR count). The quantitative estimate of drug-likeness (QED) is 0.0259. The van der Waals surface area contributed by atoms with Crippen LogP contribution < -0.4 is 5.73 Å². The molecule has 0 aliphatic carbocycles. The minimum absolute atomic E-state index is 0.00283. The minimum atomic E-state index is -1.08. The number of carbonyl (C=O) groups is 3. The first kappa shape index (κ1) is 50.4. The molecule has 18 heteroatoms. The first-order chi connectivity index (χ1) is 30.6. The molecule has 4 atom stereocenters. The fraction of sp³-hybridized carbons (Fsp3) is 0.348. The van der Waals surface area contributed by atoms with E-state index in [9.17, 15) is 23.2 Å². The van der Waals surface area contributed by atoms with E-state index < -0.39 is 36.0 Å². The number of carbonyl (C=O) groups excluding carboxylic acids is 3. The maximum absolute atomic E-state index is 14.3. The zero-order valence-corrected chi connectivity index (χ0v) is 37.2. The van der Waals surface area contributed by atoms with Gasteiger partial charge in [0.05, 0.1) is 18.9 Å². The van der Waals surface area contributed by atoms with Gasteiger partial charge in [-0.15, -0.1) is 0 Å². The second kappa shape index (κ2) is 25.1. The molecular formula is C46H48Cl2F2N8O6. The largest absolute Gasteiger partial charge is 0.466 e. The molecular weight excluding hydrogens is 869 g/mol. The molecule has 14 nitrogen and oxygen atoms in total. The Hall–Kier alpha value is -6.28. The van der Waals surface area contributed by atoms with Crippen molar-refractivity contribution in [2.75, 3.05) is 13.2 Å². The standard InChI is InChI=1S/C27H28ClFN4O4.C19H20ClFN4O2/c1-4-36-27(35)23(32-33-30)12-18(13-25(34)26-31-24(15-37-26)16(2)3)11-17-5-7-19(8-6-17)21-14-20(28)9-10-22(21)29;1-2-27-19(26)18(24-25-23)11-15(22)9-12-3-5-13(6-4-12)16-10-14(20)7-8-17(16)21/h5-10,14-16,18,23H,4,11-13H2,1-3H3;3-8,10,15,18H,2,9,11,22H2,1H3/t18-,23-;15-,18-/m11/s1. The van der Waals surface area contributed by atoms with Gasteiger partial charge in [0.15, 0.2) is 0 Å². The Morgan fingerprint density at radius 1 is 0.750 bits per heavy atom. The summed E-state index contributed by atoms with van der Waals surface area (Å²) < 4.78 is 43.6. The first-order valence-electron chi connectivity index (χ1n) is 20.4. The maximum atomic E-state index is 14.3. The molecule has 64 heavy (non-hydrogen) atoms. The minimum Gasteiger partial charge on any atom is -0.466 e. The highest BCUT2D eigenvalue weighted by Gasteiger charge is 2.28. The lowest BCUT2D eigenvalue weighted by Gasteiger charge is -2.19. The van der Waals surface area contributed by atoms with Crippen molar-refractivity contribution in [3.63, 3.8) is 0 Å². The Bertz CT molecular complexity index is 2460. The first-order valence-corrected chi connectivity index (χ1v) is 21.2. The molecule has 0 spiro atoms. The van der Waals surface area contributed by atoms with Gasteiger partial charge in [-0.05, 0) is 121 Å². The number of hydrogen-bond donors (Lipinski definition) is 1. The lowest BCUT2D eigenvalue weighted by Crippen LogP contribution is -2.32. The van der Waals surface area contributed by atoms with E-state index in [4.69, 9.17) is 53.9 Å². The van der Waals surface area contributed by atoms with E-state index in [0.29, 0.717) is 50.8 Å². The van der Waals surface area contributed by atoms with Crippen LogP contribution in [-0.2, 0) is 31.9 Å². The number of benzene rings is 4. The van der Waals surface area contributed by atoms with Crippen molar-refractivity contribution >= 4 is 40.9 Å². The highest BCUT2D eigenvalue weighted by Crippen LogP contribution is 2.30. The maximum Gasteiger partial charge on any atom is 0.314 e. The van der Waals surface area contributed by atoms with Crippen LogP contribution >= 0.6 is 23.2 Å². The van der Waals surface area contributed by atoms with Gasteiger partial charge in [0.2, 0.25) is 5.78 Å². The van der Waals surface area contributed by atoms with E-state index in [0.717, 1.165) is 11.1 Å². The molecule has 0 aliphatic heterocycles. The van der Waals surface area contributed by atoms with E-state index in [1.165, 1.54) is 30.5 Å². The highest BCUT2D eigenvalue weighted by atomic mass is 35.5. The molecule has 1 aromatic heterocycles. The number of esters is 2. The van der Waals surface area contributed by atoms with Crippen LogP contribution in [0.15, 0.2) is 106 Å². The van der Waals surface area contributed by atoms with Crippen LogP contribution in [0.3, 0.4) is 0 Å². The molecule has 336 valence electrons. The molecule has 5 aromatic rings. The second-order valence-corrected chi connectivity index (χ2v) is 15.8. The number of ether oxygens (including phenoxy) is 2. The molecule has 0 aliphatic rings. The second-order valence-electron chi connectivity index (χ2n) is 15.0. The average Bonchev–Trinajstić information content (AvgIpc) is 3.78. The number of rotatable bonds is 20. The molecule has 0 radical (unpaired) electrons. The zero-order chi connectivity index (χ0) is 46.8. The molecule has 0 saturated carbocycles.